The molecule has 7 heteroatoms. The minimum absolute atomic E-state index is 0.442. The van der Waals surface area contributed by atoms with Gasteiger partial charge in [-0.15, -0.1) is 11.8 Å². The molecule has 3 rings (SSSR count). The summed E-state index contributed by atoms with van der Waals surface area (Å²) < 4.78 is 0. The first-order valence-corrected chi connectivity index (χ1v) is 10.2. The molecule has 2 heterocycles. The molecule has 1 fully saturated rings. The van der Waals surface area contributed by atoms with Crippen LogP contribution in [-0.4, -0.2) is 57.5 Å². The number of aliphatic imine (C=N–C) groups is 1. The number of hydrogen-bond donors (Lipinski definition) is 2. The molecule has 2 N–H and O–H groups in total. The Morgan fingerprint density at radius 1 is 1.35 bits per heavy atom. The second-order valence-corrected chi connectivity index (χ2v) is 8.08. The summed E-state index contributed by atoms with van der Waals surface area (Å²) in [5.41, 5.74) is 0. The smallest absolute Gasteiger partial charge is 0.193 e. The standard InChI is InChI=1S/C19H28N6S/c1-3-20-19(21-13-15(2)26-17-7-5-4-6-8-17)25-11-9-16(10-12-25)18-22-14-23-24-18/h4-8,14-16H,3,9-13H2,1-2H3,(H,20,21)(H,22,23,24). The quantitative estimate of drug-likeness (QED) is 0.463. The van der Waals surface area contributed by atoms with Crippen molar-refractivity contribution in [2.24, 2.45) is 4.99 Å². The Balaban J connectivity index is 1.54. The lowest BCUT2D eigenvalue weighted by Crippen LogP contribution is -2.45. The van der Waals surface area contributed by atoms with E-state index in [1.165, 1.54) is 4.90 Å². The van der Waals surface area contributed by atoms with Crippen molar-refractivity contribution >= 4 is 17.7 Å². The highest BCUT2D eigenvalue weighted by Gasteiger charge is 2.24. The van der Waals surface area contributed by atoms with Crippen molar-refractivity contribution in [2.75, 3.05) is 26.2 Å². The predicted molar refractivity (Wildman–Crippen MR) is 108 cm³/mol. The lowest BCUT2D eigenvalue weighted by atomic mass is 9.96. The van der Waals surface area contributed by atoms with Gasteiger partial charge in [0.15, 0.2) is 5.96 Å². The molecule has 2 aromatic rings. The van der Waals surface area contributed by atoms with Gasteiger partial charge in [0, 0.05) is 35.7 Å². The van der Waals surface area contributed by atoms with Crippen molar-refractivity contribution in [2.45, 2.75) is 42.8 Å². The lowest BCUT2D eigenvalue weighted by Gasteiger charge is -2.33. The number of nitrogens with zero attached hydrogens (tertiary/aromatic N) is 4. The summed E-state index contributed by atoms with van der Waals surface area (Å²) in [5.74, 6) is 2.52. The van der Waals surface area contributed by atoms with Gasteiger partial charge in [-0.3, -0.25) is 10.1 Å². The van der Waals surface area contributed by atoms with Crippen LogP contribution in [0.2, 0.25) is 0 Å². The maximum atomic E-state index is 4.90. The number of H-pyrrole nitrogens is 1. The fraction of sp³-hybridized carbons (Fsp3) is 0.526. The molecule has 1 unspecified atom stereocenters. The molecule has 0 aliphatic carbocycles. The zero-order valence-electron chi connectivity index (χ0n) is 15.6. The molecule has 0 radical (unpaired) electrons. The summed E-state index contributed by atoms with van der Waals surface area (Å²) in [4.78, 5) is 12.9. The molecule has 26 heavy (non-hydrogen) atoms. The Bertz CT molecular complexity index is 665. The lowest BCUT2D eigenvalue weighted by molar-refractivity contribution is 0.299. The number of thioether (sulfide) groups is 1. The summed E-state index contributed by atoms with van der Waals surface area (Å²) in [6.45, 7) is 8.06. The number of nitrogens with one attached hydrogen (secondary N) is 2. The minimum atomic E-state index is 0.442. The zero-order valence-corrected chi connectivity index (χ0v) is 16.4. The van der Waals surface area contributed by atoms with E-state index in [9.17, 15) is 0 Å². The van der Waals surface area contributed by atoms with Gasteiger partial charge in [0.25, 0.3) is 0 Å². The summed E-state index contributed by atoms with van der Waals surface area (Å²) >= 11 is 1.88. The largest absolute Gasteiger partial charge is 0.357 e. The van der Waals surface area contributed by atoms with Gasteiger partial charge in [0.1, 0.15) is 12.2 Å². The van der Waals surface area contributed by atoms with Crippen LogP contribution in [0.25, 0.3) is 0 Å². The Morgan fingerprint density at radius 3 is 2.77 bits per heavy atom. The SMILES string of the molecule is CCNC(=NCC(C)Sc1ccccc1)N1CCC(c2ncn[nH]2)CC1. The van der Waals surface area contributed by atoms with Crippen molar-refractivity contribution in [1.29, 1.82) is 0 Å². The fourth-order valence-corrected chi connectivity index (χ4v) is 4.11. The number of likely N-dealkylation sites (tertiary alicyclic amines) is 1. The maximum absolute atomic E-state index is 4.90. The van der Waals surface area contributed by atoms with E-state index in [4.69, 9.17) is 4.99 Å². The second kappa shape index (κ2) is 9.62. The van der Waals surface area contributed by atoms with Crippen molar-refractivity contribution in [1.82, 2.24) is 25.4 Å². The molecule has 0 spiro atoms. The molecular weight excluding hydrogens is 344 g/mol. The molecule has 0 amide bonds. The van der Waals surface area contributed by atoms with E-state index in [1.807, 2.05) is 11.8 Å². The summed E-state index contributed by atoms with van der Waals surface area (Å²) in [6.07, 6.45) is 3.75. The second-order valence-electron chi connectivity index (χ2n) is 6.57. The first-order chi connectivity index (χ1) is 12.8. The summed E-state index contributed by atoms with van der Waals surface area (Å²) in [7, 11) is 0. The maximum Gasteiger partial charge on any atom is 0.193 e. The topological polar surface area (TPSA) is 69.2 Å². The van der Waals surface area contributed by atoms with Crippen molar-refractivity contribution < 1.29 is 0 Å². The van der Waals surface area contributed by atoms with Crippen molar-refractivity contribution in [3.05, 3.63) is 42.5 Å². The molecule has 0 saturated carbocycles. The van der Waals surface area contributed by atoms with Gasteiger partial charge in [0.2, 0.25) is 0 Å². The van der Waals surface area contributed by atoms with Gasteiger partial charge >= 0.3 is 0 Å². The summed E-state index contributed by atoms with van der Waals surface area (Å²) in [6, 6.07) is 10.5. The van der Waals surface area contributed by atoms with Crippen molar-refractivity contribution in [3.8, 4) is 0 Å². The molecule has 1 aliphatic rings. The first kappa shape index (κ1) is 18.8. The Labute approximate surface area is 159 Å². The Kier molecular flexibility index (Phi) is 6.94. The highest BCUT2D eigenvalue weighted by atomic mass is 32.2. The number of guanidine groups is 1. The van der Waals surface area contributed by atoms with E-state index in [0.717, 1.165) is 50.8 Å². The molecule has 1 atom stereocenters. The Hall–Kier alpha value is -2.02. The van der Waals surface area contributed by atoms with Crippen LogP contribution in [-0.2, 0) is 0 Å². The van der Waals surface area contributed by atoms with Crippen LogP contribution in [0.15, 0.2) is 46.5 Å². The van der Waals surface area contributed by atoms with Gasteiger partial charge in [-0.25, -0.2) is 4.98 Å². The normalized spacial score (nSPS) is 17.3. The molecular formula is C19H28N6S. The molecule has 1 aromatic carbocycles. The molecule has 1 aliphatic heterocycles. The average molecular weight is 373 g/mol. The monoisotopic (exact) mass is 372 g/mol. The number of piperidine rings is 1. The zero-order chi connectivity index (χ0) is 18.2. The molecule has 6 nitrogen and oxygen atoms in total. The number of aromatic amines is 1. The highest BCUT2D eigenvalue weighted by molar-refractivity contribution is 8.00. The molecule has 140 valence electrons. The van der Waals surface area contributed by atoms with Gasteiger partial charge in [-0.2, -0.15) is 5.10 Å². The van der Waals surface area contributed by atoms with Gasteiger partial charge < -0.3 is 10.2 Å². The van der Waals surface area contributed by atoms with Gasteiger partial charge in [-0.05, 0) is 31.9 Å². The van der Waals surface area contributed by atoms with Crippen LogP contribution in [0.1, 0.15) is 38.4 Å². The number of aromatic nitrogens is 3. The number of rotatable bonds is 6. The Morgan fingerprint density at radius 2 is 2.12 bits per heavy atom. The van der Waals surface area contributed by atoms with E-state index < -0.39 is 0 Å². The average Bonchev–Trinajstić information content (AvgIpc) is 3.21. The van der Waals surface area contributed by atoms with Gasteiger partial charge in [-0.1, -0.05) is 25.1 Å². The van der Waals surface area contributed by atoms with Crippen LogP contribution in [0, 0.1) is 0 Å². The van der Waals surface area contributed by atoms with Crippen LogP contribution in [0.5, 0.6) is 0 Å². The molecule has 1 saturated heterocycles. The third-order valence-electron chi connectivity index (χ3n) is 4.53. The fourth-order valence-electron chi connectivity index (χ4n) is 3.19. The third-order valence-corrected chi connectivity index (χ3v) is 5.62. The first-order valence-electron chi connectivity index (χ1n) is 9.36. The van der Waals surface area contributed by atoms with Gasteiger partial charge in [0.05, 0.1) is 6.54 Å². The number of benzene rings is 1. The van der Waals surface area contributed by atoms with E-state index >= 15 is 0 Å². The van der Waals surface area contributed by atoms with Crippen LogP contribution < -0.4 is 5.32 Å². The van der Waals surface area contributed by atoms with Crippen molar-refractivity contribution in [3.63, 3.8) is 0 Å². The minimum Gasteiger partial charge on any atom is -0.357 e. The van der Waals surface area contributed by atoms with E-state index in [2.05, 4.69) is 69.6 Å². The van der Waals surface area contributed by atoms with Crippen LogP contribution >= 0.6 is 11.8 Å². The summed E-state index contributed by atoms with van der Waals surface area (Å²) in [5, 5.41) is 10.9. The molecule has 0 bridgehead atoms. The van der Waals surface area contributed by atoms with E-state index in [0.29, 0.717) is 11.2 Å². The van der Waals surface area contributed by atoms with Crippen LogP contribution in [0.4, 0.5) is 0 Å². The number of hydrogen-bond acceptors (Lipinski definition) is 4. The third kappa shape index (κ3) is 5.24. The van der Waals surface area contributed by atoms with E-state index in [-0.39, 0.29) is 0 Å². The highest BCUT2D eigenvalue weighted by Crippen LogP contribution is 2.25. The van der Waals surface area contributed by atoms with Crippen LogP contribution in [0.3, 0.4) is 0 Å². The predicted octanol–water partition coefficient (Wildman–Crippen LogP) is 3.13. The van der Waals surface area contributed by atoms with E-state index in [1.54, 1.807) is 6.33 Å². The molecule has 1 aromatic heterocycles.